The number of piperidine rings is 2. The molecule has 1 aliphatic carbocycles. The molecular formula is C29H34N2O3. The second-order valence-electron chi connectivity index (χ2n) is 10.3. The van der Waals surface area contributed by atoms with E-state index in [-0.39, 0.29) is 12.0 Å². The molecule has 5 heteroatoms. The van der Waals surface area contributed by atoms with Crippen LogP contribution in [0.2, 0.25) is 0 Å². The summed E-state index contributed by atoms with van der Waals surface area (Å²) in [7, 11) is 0. The van der Waals surface area contributed by atoms with Gasteiger partial charge in [0.25, 0.3) is 0 Å². The number of carbonyl (C=O) groups is 1. The molecule has 0 spiro atoms. The lowest BCUT2D eigenvalue weighted by atomic mass is 9.56. The minimum atomic E-state index is -0.619. The molecule has 0 radical (unpaired) electrons. The molecule has 3 aromatic rings. The first-order valence-electron chi connectivity index (χ1n) is 12.8. The lowest BCUT2D eigenvalue weighted by Gasteiger charge is -2.58. The number of hydrogen-bond acceptors (Lipinski definition) is 4. The van der Waals surface area contributed by atoms with Crippen molar-refractivity contribution in [3.8, 4) is 0 Å². The fourth-order valence-corrected chi connectivity index (χ4v) is 7.23. The van der Waals surface area contributed by atoms with Crippen molar-refractivity contribution in [3.63, 3.8) is 0 Å². The Hall–Kier alpha value is -2.63. The standard InChI is InChI=1S/C29H34N2O3/c1-2-34-28(32)29-17-21-16-22(13-15-33-19-20-8-4-3-5-9-20)27(29)31(18-21)14-12-24-23-10-6-7-11-25(23)30-26(24)29/h3-11,21-22,27,30H,2,12-19H2,1H3/t21-,22?,27?,29?/m0/s1. The van der Waals surface area contributed by atoms with Crippen molar-refractivity contribution in [1.29, 1.82) is 0 Å². The van der Waals surface area contributed by atoms with Crippen LogP contribution in [0.25, 0.3) is 10.9 Å². The zero-order valence-electron chi connectivity index (χ0n) is 20.0. The van der Waals surface area contributed by atoms with Gasteiger partial charge in [0.2, 0.25) is 0 Å². The van der Waals surface area contributed by atoms with Gasteiger partial charge < -0.3 is 14.5 Å². The molecule has 7 rings (SSSR count). The van der Waals surface area contributed by atoms with Gasteiger partial charge in [-0.1, -0.05) is 48.5 Å². The zero-order valence-corrected chi connectivity index (χ0v) is 20.0. The van der Waals surface area contributed by atoms with Crippen LogP contribution in [0.5, 0.6) is 0 Å². The average molecular weight is 459 g/mol. The molecule has 1 aromatic heterocycles. The molecule has 5 atom stereocenters. The molecule has 34 heavy (non-hydrogen) atoms. The molecule has 4 bridgehead atoms. The quantitative estimate of drug-likeness (QED) is 0.407. The Labute approximate surface area is 201 Å². The van der Waals surface area contributed by atoms with Crippen LogP contribution >= 0.6 is 0 Å². The van der Waals surface area contributed by atoms with Crippen LogP contribution in [0.1, 0.15) is 43.0 Å². The first-order valence-corrected chi connectivity index (χ1v) is 12.8. The number of ether oxygens (including phenoxy) is 2. The van der Waals surface area contributed by atoms with Crippen molar-refractivity contribution in [3.05, 3.63) is 71.4 Å². The first kappa shape index (κ1) is 21.9. The summed E-state index contributed by atoms with van der Waals surface area (Å²) in [4.78, 5) is 20.2. The van der Waals surface area contributed by atoms with Gasteiger partial charge in [-0.15, -0.1) is 0 Å². The normalized spacial score (nSPS) is 29.6. The summed E-state index contributed by atoms with van der Waals surface area (Å²) in [6, 6.07) is 19.0. The number of rotatable bonds is 7. The lowest BCUT2D eigenvalue weighted by Crippen LogP contribution is -2.67. The van der Waals surface area contributed by atoms with Crippen molar-refractivity contribution in [2.75, 3.05) is 26.3 Å². The number of esters is 1. The largest absolute Gasteiger partial charge is 0.465 e. The monoisotopic (exact) mass is 458 g/mol. The molecular weight excluding hydrogens is 424 g/mol. The summed E-state index contributed by atoms with van der Waals surface area (Å²) in [6.07, 6.45) is 4.00. The van der Waals surface area contributed by atoms with E-state index in [0.717, 1.165) is 50.2 Å². The van der Waals surface area contributed by atoms with Crippen molar-refractivity contribution in [1.82, 2.24) is 9.88 Å². The number of hydrogen-bond donors (Lipinski definition) is 1. The third kappa shape index (κ3) is 3.48. The molecule has 3 aliphatic heterocycles. The van der Waals surface area contributed by atoms with Gasteiger partial charge in [-0.25, -0.2) is 0 Å². The Morgan fingerprint density at radius 3 is 2.82 bits per heavy atom. The predicted molar refractivity (Wildman–Crippen MR) is 133 cm³/mol. The van der Waals surface area contributed by atoms with Gasteiger partial charge in [-0.3, -0.25) is 9.69 Å². The molecule has 4 heterocycles. The number of benzene rings is 2. The van der Waals surface area contributed by atoms with E-state index in [2.05, 4.69) is 58.4 Å². The summed E-state index contributed by atoms with van der Waals surface area (Å²) in [5.74, 6) is 0.884. The van der Waals surface area contributed by atoms with E-state index in [1.54, 1.807) is 0 Å². The van der Waals surface area contributed by atoms with Crippen molar-refractivity contribution >= 4 is 16.9 Å². The molecule has 2 aromatic carbocycles. The van der Waals surface area contributed by atoms with Crippen LogP contribution in [-0.4, -0.2) is 48.2 Å². The summed E-state index contributed by atoms with van der Waals surface area (Å²) in [5.41, 5.74) is 4.16. The molecule has 1 N–H and O–H groups in total. The average Bonchev–Trinajstić information content (AvgIpc) is 3.20. The van der Waals surface area contributed by atoms with Crippen molar-refractivity contribution in [2.45, 2.75) is 50.7 Å². The highest BCUT2D eigenvalue weighted by Crippen LogP contribution is 2.55. The summed E-state index contributed by atoms with van der Waals surface area (Å²) < 4.78 is 11.9. The number of H-pyrrole nitrogens is 1. The van der Waals surface area contributed by atoms with Crippen LogP contribution in [0.3, 0.4) is 0 Å². The van der Waals surface area contributed by atoms with Crippen LogP contribution in [0.15, 0.2) is 54.6 Å². The Kier molecular flexibility index (Phi) is 5.70. The Balaban J connectivity index is 1.33. The van der Waals surface area contributed by atoms with E-state index < -0.39 is 5.41 Å². The van der Waals surface area contributed by atoms with Crippen LogP contribution in [0, 0.1) is 11.8 Å². The number of nitrogens with zero attached hydrogens (tertiary/aromatic N) is 1. The third-order valence-electron chi connectivity index (χ3n) is 8.38. The number of aromatic amines is 1. The van der Waals surface area contributed by atoms with E-state index in [0.29, 0.717) is 25.0 Å². The van der Waals surface area contributed by atoms with Crippen LogP contribution in [0.4, 0.5) is 0 Å². The smallest absolute Gasteiger partial charge is 0.319 e. The van der Waals surface area contributed by atoms with Crippen molar-refractivity contribution in [2.24, 2.45) is 11.8 Å². The SMILES string of the molecule is CCOC(=O)C12C[C@@H]3CC(CCOCc4ccccc4)C1N(CCc1c2[nH]c2ccccc12)C3. The zero-order chi connectivity index (χ0) is 23.1. The van der Waals surface area contributed by atoms with Gasteiger partial charge in [-0.05, 0) is 61.6 Å². The fraction of sp³-hybridized carbons (Fsp3) is 0.483. The highest BCUT2D eigenvalue weighted by atomic mass is 16.5. The fourth-order valence-electron chi connectivity index (χ4n) is 7.23. The Morgan fingerprint density at radius 1 is 1.15 bits per heavy atom. The number of fused-ring (bicyclic) bond motifs is 4. The Morgan fingerprint density at radius 2 is 1.97 bits per heavy atom. The molecule has 178 valence electrons. The highest BCUT2D eigenvalue weighted by molar-refractivity contribution is 5.91. The maximum absolute atomic E-state index is 13.9. The maximum atomic E-state index is 13.9. The lowest BCUT2D eigenvalue weighted by molar-refractivity contribution is -0.165. The van der Waals surface area contributed by atoms with Gasteiger partial charge >= 0.3 is 5.97 Å². The number of nitrogens with one attached hydrogen (secondary N) is 1. The number of aromatic nitrogens is 1. The van der Waals surface area contributed by atoms with Gasteiger partial charge in [0.15, 0.2) is 0 Å². The molecule has 3 fully saturated rings. The minimum Gasteiger partial charge on any atom is -0.465 e. The second kappa shape index (κ2) is 8.86. The van der Waals surface area contributed by atoms with Crippen LogP contribution < -0.4 is 0 Å². The van der Waals surface area contributed by atoms with E-state index in [4.69, 9.17) is 9.47 Å². The molecule has 1 saturated carbocycles. The second-order valence-corrected chi connectivity index (χ2v) is 10.3. The van der Waals surface area contributed by atoms with E-state index in [1.807, 2.05) is 13.0 Å². The summed E-state index contributed by atoms with van der Waals surface area (Å²) in [6.45, 7) is 5.78. The van der Waals surface area contributed by atoms with Gasteiger partial charge in [0.05, 0.1) is 13.2 Å². The summed E-state index contributed by atoms with van der Waals surface area (Å²) in [5, 5.41) is 1.26. The highest BCUT2D eigenvalue weighted by Gasteiger charge is 2.63. The van der Waals surface area contributed by atoms with E-state index in [1.165, 1.54) is 22.9 Å². The van der Waals surface area contributed by atoms with E-state index >= 15 is 0 Å². The molecule has 4 aliphatic rings. The van der Waals surface area contributed by atoms with Crippen LogP contribution in [-0.2, 0) is 32.7 Å². The topological polar surface area (TPSA) is 54.6 Å². The Bertz CT molecular complexity index is 1170. The molecule has 4 unspecified atom stereocenters. The van der Waals surface area contributed by atoms with Crippen molar-refractivity contribution < 1.29 is 14.3 Å². The first-order chi connectivity index (χ1) is 16.7. The van der Waals surface area contributed by atoms with Gasteiger partial charge in [0, 0.05) is 42.3 Å². The number of para-hydroxylation sites is 1. The molecule has 5 nitrogen and oxygen atoms in total. The minimum absolute atomic E-state index is 0.0423. The number of carbonyl (C=O) groups excluding carboxylic acids is 1. The third-order valence-corrected chi connectivity index (χ3v) is 8.38. The van der Waals surface area contributed by atoms with Gasteiger partial charge in [-0.2, -0.15) is 0 Å². The van der Waals surface area contributed by atoms with E-state index in [9.17, 15) is 4.79 Å². The summed E-state index contributed by atoms with van der Waals surface area (Å²) >= 11 is 0. The molecule has 0 amide bonds. The maximum Gasteiger partial charge on any atom is 0.319 e. The predicted octanol–water partition coefficient (Wildman–Crippen LogP) is 4.84. The van der Waals surface area contributed by atoms with Gasteiger partial charge in [0.1, 0.15) is 5.41 Å². The molecule has 2 saturated heterocycles.